The minimum absolute atomic E-state index is 0.0346. The van der Waals surface area contributed by atoms with Crippen molar-refractivity contribution in [1.82, 2.24) is 0 Å². The second kappa shape index (κ2) is 54.2. The number of hydrogen-bond acceptors (Lipinski definition) is 11. The Morgan fingerprint density at radius 1 is 0.430 bits per heavy atom. The van der Waals surface area contributed by atoms with E-state index in [9.17, 15) is 34.5 Å². The van der Waals surface area contributed by atoms with Crippen LogP contribution in [0.5, 0.6) is 0 Å². The van der Waals surface area contributed by atoms with Crippen LogP contribution < -0.4 is 0 Å². The average molecular weight is 1110 g/mol. The summed E-state index contributed by atoms with van der Waals surface area (Å²) in [5.41, 5.74) is 0. The van der Waals surface area contributed by atoms with Crippen LogP contribution in [0.25, 0.3) is 0 Å². The summed E-state index contributed by atoms with van der Waals surface area (Å²) >= 11 is 0. The molecular weight excluding hydrogens is 997 g/mol. The molecule has 0 aliphatic carbocycles. The monoisotopic (exact) mass is 1110 g/mol. The second-order valence-electron chi connectivity index (χ2n) is 20.9. The molecule has 3 N–H and O–H groups in total. The molecule has 79 heavy (non-hydrogen) atoms. The molecule has 0 aromatic heterocycles. The van der Waals surface area contributed by atoms with Gasteiger partial charge in [0.25, 0.3) is 0 Å². The molecule has 1 aliphatic rings. The summed E-state index contributed by atoms with van der Waals surface area (Å²) < 4.78 is 28.4. The highest BCUT2D eigenvalue weighted by molar-refractivity contribution is 5.74. The van der Waals surface area contributed by atoms with Gasteiger partial charge in [-0.05, 0) is 109 Å². The molecule has 1 aliphatic heterocycles. The molecule has 0 amide bonds. The Hall–Kier alpha value is -4.36. The van der Waals surface area contributed by atoms with E-state index >= 15 is 0 Å². The van der Waals surface area contributed by atoms with Crippen LogP contribution in [0.1, 0.15) is 252 Å². The Morgan fingerprint density at radius 2 is 0.823 bits per heavy atom. The van der Waals surface area contributed by atoms with Crippen LogP contribution >= 0.6 is 0 Å². The van der Waals surface area contributed by atoms with E-state index in [1.165, 1.54) is 77.0 Å². The topological polar surface area (TPSA) is 175 Å². The van der Waals surface area contributed by atoms with Crippen molar-refractivity contribution in [2.75, 3.05) is 13.2 Å². The summed E-state index contributed by atoms with van der Waals surface area (Å²) in [5.74, 6) is -3.25. The smallest absolute Gasteiger partial charge is 0.335 e. The lowest BCUT2D eigenvalue weighted by Crippen LogP contribution is -2.61. The largest absolute Gasteiger partial charge is 0.479 e. The molecular formula is C67H110O12. The van der Waals surface area contributed by atoms with Crippen molar-refractivity contribution in [3.8, 4) is 0 Å². The highest BCUT2D eigenvalue weighted by Crippen LogP contribution is 2.26. The van der Waals surface area contributed by atoms with Crippen LogP contribution in [0.3, 0.4) is 0 Å². The van der Waals surface area contributed by atoms with Gasteiger partial charge in [-0.1, -0.05) is 221 Å². The fraction of sp³-hybridized carbons (Fsp3) is 0.701. The van der Waals surface area contributed by atoms with Crippen molar-refractivity contribution in [3.05, 3.63) is 97.2 Å². The van der Waals surface area contributed by atoms with Crippen molar-refractivity contribution in [3.63, 3.8) is 0 Å². The van der Waals surface area contributed by atoms with Gasteiger partial charge in [0.1, 0.15) is 18.8 Å². The van der Waals surface area contributed by atoms with Crippen molar-refractivity contribution >= 4 is 23.9 Å². The molecule has 1 saturated heterocycles. The molecule has 450 valence electrons. The lowest BCUT2D eigenvalue weighted by Gasteiger charge is -2.40. The van der Waals surface area contributed by atoms with Crippen molar-refractivity contribution in [1.29, 1.82) is 0 Å². The molecule has 6 atom stereocenters. The molecule has 0 radical (unpaired) electrons. The first-order valence-corrected chi connectivity index (χ1v) is 31.2. The summed E-state index contributed by atoms with van der Waals surface area (Å²) in [6, 6.07) is 0. The molecule has 6 unspecified atom stereocenters. The maximum atomic E-state index is 13.1. The van der Waals surface area contributed by atoms with Crippen LogP contribution in [0, 0.1) is 0 Å². The third kappa shape index (κ3) is 44.0. The Morgan fingerprint density at radius 3 is 1.30 bits per heavy atom. The number of allylic oxidation sites excluding steroid dienone is 16. The summed E-state index contributed by atoms with van der Waals surface area (Å²) in [7, 11) is 0. The molecule has 1 rings (SSSR count). The zero-order valence-electron chi connectivity index (χ0n) is 49.6. The lowest BCUT2D eigenvalue weighted by atomic mass is 9.98. The van der Waals surface area contributed by atoms with E-state index in [1.807, 2.05) is 12.2 Å². The standard InChI is InChI=1S/C67H110O12/c1-4-7-10-13-16-19-22-25-27-29-30-32-33-36-38-41-44-47-50-53-59(68)75-56-58(77-60(69)54-51-48-45-42-39-35-24-21-18-15-12-9-6-3)57-76-67-65(63(72)62(71)64(79-67)66(73)74)78-61(70)55-52-49-46-43-40-37-34-31-28-26-23-20-17-14-11-8-5-2/h9,12,16,18-19,21,25-28,30,32,35,39,45,48,58,62-65,67,71-72H,4-8,10-11,13-15,17,20,22-24,29,31,33-34,36-38,40-44,46-47,49-57H2,1-3H3,(H,73,74)/b12-9-,19-16-,21-18-,27-25-,28-26-,32-30-,39-35-,48-45-. The highest BCUT2D eigenvalue weighted by atomic mass is 16.7. The maximum absolute atomic E-state index is 13.1. The minimum atomic E-state index is -1.92. The zero-order valence-corrected chi connectivity index (χ0v) is 49.6. The van der Waals surface area contributed by atoms with Gasteiger partial charge in [0.15, 0.2) is 24.6 Å². The van der Waals surface area contributed by atoms with Gasteiger partial charge in [0, 0.05) is 19.3 Å². The third-order valence-electron chi connectivity index (χ3n) is 13.6. The number of aliphatic carboxylic acids is 1. The first-order chi connectivity index (χ1) is 38.6. The normalized spacial score (nSPS) is 18.5. The van der Waals surface area contributed by atoms with Gasteiger partial charge in [-0.2, -0.15) is 0 Å². The van der Waals surface area contributed by atoms with E-state index in [4.69, 9.17) is 23.7 Å². The summed E-state index contributed by atoms with van der Waals surface area (Å²) in [6.45, 7) is 5.78. The Labute approximate surface area is 479 Å². The summed E-state index contributed by atoms with van der Waals surface area (Å²) in [4.78, 5) is 51.2. The first kappa shape index (κ1) is 72.7. The number of rotatable bonds is 52. The number of carboxylic acids is 1. The molecule has 0 aromatic carbocycles. The number of carbonyl (C=O) groups is 4. The molecule has 12 nitrogen and oxygen atoms in total. The van der Waals surface area contributed by atoms with Crippen LogP contribution in [-0.4, -0.2) is 89.2 Å². The number of carboxylic acid groups (broad SMARTS) is 1. The van der Waals surface area contributed by atoms with Crippen molar-refractivity contribution in [2.45, 2.75) is 289 Å². The Balaban J connectivity index is 2.70. The first-order valence-electron chi connectivity index (χ1n) is 31.2. The van der Waals surface area contributed by atoms with E-state index in [1.54, 1.807) is 0 Å². The van der Waals surface area contributed by atoms with E-state index in [2.05, 4.69) is 106 Å². The minimum Gasteiger partial charge on any atom is -0.479 e. The number of aliphatic hydroxyl groups is 2. The summed E-state index contributed by atoms with van der Waals surface area (Å²) in [6.07, 6.45) is 59.6. The van der Waals surface area contributed by atoms with Crippen LogP contribution in [0.4, 0.5) is 0 Å². The zero-order chi connectivity index (χ0) is 57.5. The Kier molecular flexibility index (Phi) is 49.9. The fourth-order valence-electron chi connectivity index (χ4n) is 8.85. The number of esters is 3. The van der Waals surface area contributed by atoms with E-state index in [0.29, 0.717) is 25.7 Å². The predicted octanol–water partition coefficient (Wildman–Crippen LogP) is 16.5. The van der Waals surface area contributed by atoms with Gasteiger partial charge in [-0.15, -0.1) is 0 Å². The predicted molar refractivity (Wildman–Crippen MR) is 321 cm³/mol. The van der Waals surface area contributed by atoms with Crippen LogP contribution in [0.2, 0.25) is 0 Å². The third-order valence-corrected chi connectivity index (χ3v) is 13.6. The Bertz CT molecular complexity index is 1740. The SMILES string of the molecule is CC/C=C\C/C=C\C/C=C\C/C=C\CCC(=O)OC(COC(=O)CCCCCCCC/C=C\C/C=C\C/C=C\CCCCC)COC1OC(C(=O)O)C(O)C(O)C1OC(=O)CCCCCCCCC/C=C\CCCCCCCC. The van der Waals surface area contributed by atoms with Gasteiger partial charge in [-0.25, -0.2) is 4.79 Å². The van der Waals surface area contributed by atoms with Crippen LogP contribution in [-0.2, 0) is 42.9 Å². The number of unbranched alkanes of at least 4 members (excludes halogenated alkanes) is 22. The second-order valence-corrected chi connectivity index (χ2v) is 20.9. The van der Waals surface area contributed by atoms with Crippen LogP contribution in [0.15, 0.2) is 97.2 Å². The van der Waals surface area contributed by atoms with E-state index in [-0.39, 0.29) is 25.9 Å². The number of aliphatic hydroxyl groups excluding tert-OH is 2. The lowest BCUT2D eigenvalue weighted by molar-refractivity contribution is -0.301. The molecule has 1 heterocycles. The van der Waals surface area contributed by atoms with Crippen molar-refractivity contribution in [2.24, 2.45) is 0 Å². The fourth-order valence-corrected chi connectivity index (χ4v) is 8.85. The number of carbonyl (C=O) groups excluding carboxylic acids is 3. The van der Waals surface area contributed by atoms with E-state index < -0.39 is 67.3 Å². The molecule has 0 aromatic rings. The van der Waals surface area contributed by atoms with Gasteiger partial charge in [0.2, 0.25) is 0 Å². The number of ether oxygens (including phenoxy) is 5. The highest BCUT2D eigenvalue weighted by Gasteiger charge is 2.50. The molecule has 1 fully saturated rings. The average Bonchev–Trinajstić information content (AvgIpc) is 3.44. The van der Waals surface area contributed by atoms with Gasteiger partial charge in [-0.3, -0.25) is 14.4 Å². The molecule has 0 spiro atoms. The molecule has 0 saturated carbocycles. The van der Waals surface area contributed by atoms with Crippen molar-refractivity contribution < 1.29 is 58.2 Å². The van der Waals surface area contributed by atoms with Gasteiger partial charge in [0.05, 0.1) is 6.61 Å². The van der Waals surface area contributed by atoms with Gasteiger partial charge >= 0.3 is 23.9 Å². The molecule has 12 heteroatoms. The van der Waals surface area contributed by atoms with Gasteiger partial charge < -0.3 is 39.0 Å². The summed E-state index contributed by atoms with van der Waals surface area (Å²) in [5, 5.41) is 31.5. The van der Waals surface area contributed by atoms with E-state index in [0.717, 1.165) is 109 Å². The molecule has 0 bridgehead atoms. The number of hydrogen-bond donors (Lipinski definition) is 3. The maximum Gasteiger partial charge on any atom is 0.335 e. The quantitative estimate of drug-likeness (QED) is 0.0228.